The molecule has 12 nitrogen and oxygen atoms in total. The fourth-order valence-corrected chi connectivity index (χ4v) is 4.88. The van der Waals surface area contributed by atoms with E-state index in [9.17, 15) is 24.0 Å². The van der Waals surface area contributed by atoms with Crippen molar-refractivity contribution in [3.63, 3.8) is 0 Å². The summed E-state index contributed by atoms with van der Waals surface area (Å²) < 4.78 is 0. The van der Waals surface area contributed by atoms with E-state index < -0.39 is 11.8 Å². The molecule has 2 heterocycles. The summed E-state index contributed by atoms with van der Waals surface area (Å²) in [4.78, 5) is 71.8. The zero-order chi connectivity index (χ0) is 34.7. The summed E-state index contributed by atoms with van der Waals surface area (Å²) in [6.45, 7) is 5.59. The molecule has 3 aromatic rings. The Balaban J connectivity index is 1.67. The molecule has 0 bridgehead atoms. The van der Waals surface area contributed by atoms with Gasteiger partial charge in [0, 0.05) is 36.6 Å². The zero-order valence-electron chi connectivity index (χ0n) is 28.1. The van der Waals surface area contributed by atoms with Crippen molar-refractivity contribution >= 4 is 58.5 Å². The Labute approximate surface area is 282 Å². The molecule has 3 rings (SSSR count). The number of carbonyl (C=O) groups excluding carboxylic acids is 5. The number of carbonyl (C=O) groups is 5. The van der Waals surface area contributed by atoms with Crippen LogP contribution in [0.2, 0.25) is 0 Å². The Morgan fingerprint density at radius 2 is 0.917 bits per heavy atom. The van der Waals surface area contributed by atoms with Gasteiger partial charge in [-0.1, -0.05) is 77.3 Å². The van der Waals surface area contributed by atoms with E-state index in [1.54, 1.807) is 36.4 Å². The number of hydrogen-bond acceptors (Lipinski definition) is 7. The molecule has 48 heavy (non-hydrogen) atoms. The van der Waals surface area contributed by atoms with Crippen LogP contribution in [0.25, 0.3) is 0 Å². The van der Waals surface area contributed by atoms with Gasteiger partial charge in [0.2, 0.25) is 17.7 Å². The lowest BCUT2D eigenvalue weighted by Crippen LogP contribution is -2.19. The number of pyridine rings is 2. The molecule has 256 valence electrons. The molecule has 0 aliphatic rings. The highest BCUT2D eigenvalue weighted by Crippen LogP contribution is 2.20. The van der Waals surface area contributed by atoms with Crippen molar-refractivity contribution in [2.75, 3.05) is 26.6 Å². The van der Waals surface area contributed by atoms with Gasteiger partial charge in [0.05, 0.1) is 0 Å². The molecule has 5 amide bonds. The minimum atomic E-state index is -0.583. The third-order valence-electron chi connectivity index (χ3n) is 7.31. The van der Waals surface area contributed by atoms with Crippen molar-refractivity contribution in [3.8, 4) is 0 Å². The number of anilines is 5. The van der Waals surface area contributed by atoms with Gasteiger partial charge < -0.3 is 26.6 Å². The highest BCUT2D eigenvalue weighted by atomic mass is 16.2. The zero-order valence-corrected chi connectivity index (χ0v) is 28.1. The topological polar surface area (TPSA) is 171 Å². The van der Waals surface area contributed by atoms with Crippen LogP contribution in [0.3, 0.4) is 0 Å². The van der Waals surface area contributed by atoms with Crippen molar-refractivity contribution in [1.82, 2.24) is 9.97 Å². The van der Waals surface area contributed by atoms with Gasteiger partial charge in [-0.25, -0.2) is 9.97 Å². The van der Waals surface area contributed by atoms with Crippen LogP contribution >= 0.6 is 0 Å². The Bertz CT molecular complexity index is 1460. The lowest BCUT2D eigenvalue weighted by atomic mass is 10.1. The third-order valence-corrected chi connectivity index (χ3v) is 7.31. The molecule has 12 heteroatoms. The maximum absolute atomic E-state index is 13.3. The summed E-state index contributed by atoms with van der Waals surface area (Å²) in [5, 5.41) is 13.5. The second-order valence-electron chi connectivity index (χ2n) is 11.6. The van der Waals surface area contributed by atoms with Gasteiger partial charge >= 0.3 is 0 Å². The number of aromatic nitrogens is 2. The van der Waals surface area contributed by atoms with E-state index in [0.29, 0.717) is 24.5 Å². The molecule has 5 N–H and O–H groups in total. The first-order valence-corrected chi connectivity index (χ1v) is 16.8. The molecule has 0 saturated carbocycles. The van der Waals surface area contributed by atoms with Crippen LogP contribution in [-0.4, -0.2) is 39.5 Å². The summed E-state index contributed by atoms with van der Waals surface area (Å²) in [6.07, 6.45) is 11.1. The van der Waals surface area contributed by atoms with Gasteiger partial charge in [-0.05, 0) is 55.3 Å². The third kappa shape index (κ3) is 13.7. The second kappa shape index (κ2) is 20.2. The standard InChI is InChI=1S/C36H47N7O5/c1-4-6-8-10-12-20-33(45)40-29-16-14-18-31(38-29)42-35(47)26-22-27(24-28(23-26)37-25(3)44)36(48)43-32-19-15-17-30(39-32)41-34(46)21-13-11-9-7-5-2/h14-19,22-24H,4-13,20-21H2,1-3H3,(H,37,44)(H2,38,40,42,45,47)(H2,39,41,43,46,48). The maximum Gasteiger partial charge on any atom is 0.256 e. The summed E-state index contributed by atoms with van der Waals surface area (Å²) in [6, 6.07) is 14.0. The minimum absolute atomic E-state index is 0.0858. The highest BCUT2D eigenvalue weighted by Gasteiger charge is 2.16. The van der Waals surface area contributed by atoms with Gasteiger partial charge in [0.1, 0.15) is 23.3 Å². The molecular weight excluding hydrogens is 610 g/mol. The molecule has 0 aliphatic heterocycles. The molecule has 0 unspecified atom stereocenters. The Morgan fingerprint density at radius 1 is 0.521 bits per heavy atom. The van der Waals surface area contributed by atoms with Gasteiger partial charge in [-0.3, -0.25) is 24.0 Å². The van der Waals surface area contributed by atoms with Gasteiger partial charge in [-0.15, -0.1) is 0 Å². The van der Waals surface area contributed by atoms with Crippen LogP contribution in [0.15, 0.2) is 54.6 Å². The van der Waals surface area contributed by atoms with Crippen molar-refractivity contribution in [3.05, 3.63) is 65.7 Å². The number of hydrogen-bond donors (Lipinski definition) is 5. The van der Waals surface area contributed by atoms with Crippen molar-refractivity contribution in [2.45, 2.75) is 97.8 Å². The molecule has 0 atom stereocenters. The summed E-state index contributed by atoms with van der Waals surface area (Å²) >= 11 is 0. The van der Waals surface area contributed by atoms with Crippen LogP contribution < -0.4 is 26.6 Å². The minimum Gasteiger partial charge on any atom is -0.326 e. The van der Waals surface area contributed by atoms with Crippen LogP contribution in [-0.2, 0) is 14.4 Å². The number of amides is 5. The Hall–Kier alpha value is -5.13. The first kappa shape index (κ1) is 37.3. The SMILES string of the molecule is CCCCCCCC(=O)Nc1cccc(NC(=O)c2cc(NC(C)=O)cc(C(=O)Nc3cccc(NC(=O)CCCCCCC)n3)c2)n1. The van der Waals surface area contributed by atoms with Crippen LogP contribution in [0.4, 0.5) is 29.0 Å². The van der Waals surface area contributed by atoms with E-state index in [1.807, 2.05) is 0 Å². The van der Waals surface area contributed by atoms with E-state index in [0.717, 1.165) is 64.2 Å². The first-order chi connectivity index (χ1) is 23.2. The van der Waals surface area contributed by atoms with E-state index in [-0.39, 0.29) is 46.2 Å². The van der Waals surface area contributed by atoms with E-state index in [1.165, 1.54) is 25.1 Å². The number of nitrogens with zero attached hydrogens (tertiary/aromatic N) is 2. The number of unbranched alkanes of at least 4 members (excludes halogenated alkanes) is 8. The van der Waals surface area contributed by atoms with Crippen molar-refractivity contribution in [2.24, 2.45) is 0 Å². The lowest BCUT2D eigenvalue weighted by molar-refractivity contribution is -0.117. The predicted octanol–water partition coefficient (Wildman–Crippen LogP) is 7.54. The van der Waals surface area contributed by atoms with Gasteiger partial charge in [0.25, 0.3) is 11.8 Å². The number of benzene rings is 1. The first-order valence-electron chi connectivity index (χ1n) is 16.8. The molecule has 0 fully saturated rings. The molecule has 0 spiro atoms. The molecule has 1 aromatic carbocycles. The average molecular weight is 658 g/mol. The van der Waals surface area contributed by atoms with Crippen molar-refractivity contribution < 1.29 is 24.0 Å². The van der Waals surface area contributed by atoms with Gasteiger partial charge in [-0.2, -0.15) is 0 Å². The largest absolute Gasteiger partial charge is 0.326 e. The van der Waals surface area contributed by atoms with E-state index in [4.69, 9.17) is 0 Å². The predicted molar refractivity (Wildman–Crippen MR) is 189 cm³/mol. The van der Waals surface area contributed by atoms with Gasteiger partial charge in [0.15, 0.2) is 0 Å². The van der Waals surface area contributed by atoms with Crippen molar-refractivity contribution in [1.29, 1.82) is 0 Å². The summed E-state index contributed by atoms with van der Waals surface area (Å²) in [7, 11) is 0. The number of nitrogens with one attached hydrogen (secondary N) is 5. The quantitative estimate of drug-likeness (QED) is 0.0829. The Kier molecular flexibility index (Phi) is 15.7. The fourth-order valence-electron chi connectivity index (χ4n) is 4.88. The fraction of sp³-hybridized carbons (Fsp3) is 0.417. The van der Waals surface area contributed by atoms with E-state index >= 15 is 0 Å². The molecule has 0 radical (unpaired) electrons. The van der Waals surface area contributed by atoms with E-state index in [2.05, 4.69) is 50.4 Å². The summed E-state index contributed by atoms with van der Waals surface area (Å²) in [5.41, 5.74) is 0.409. The Morgan fingerprint density at radius 3 is 1.31 bits per heavy atom. The normalized spacial score (nSPS) is 10.6. The summed E-state index contributed by atoms with van der Waals surface area (Å²) in [5.74, 6) is -0.858. The second-order valence-corrected chi connectivity index (χ2v) is 11.6. The van der Waals surface area contributed by atoms with Crippen LogP contribution in [0.5, 0.6) is 0 Å². The average Bonchev–Trinajstić information content (AvgIpc) is 3.04. The number of rotatable bonds is 19. The smallest absolute Gasteiger partial charge is 0.256 e. The monoisotopic (exact) mass is 657 g/mol. The van der Waals surface area contributed by atoms with Crippen LogP contribution in [0.1, 0.15) is 119 Å². The molecule has 0 saturated heterocycles. The molecular formula is C36H47N7O5. The maximum atomic E-state index is 13.3. The highest BCUT2D eigenvalue weighted by molar-refractivity contribution is 6.10. The van der Waals surface area contributed by atoms with Crippen LogP contribution in [0, 0.1) is 0 Å². The molecule has 2 aromatic heterocycles. The molecule has 0 aliphatic carbocycles. The lowest BCUT2D eigenvalue weighted by Gasteiger charge is -2.12.